The second-order valence-electron chi connectivity index (χ2n) is 7.19. The third-order valence-electron chi connectivity index (χ3n) is 5.35. The molecule has 1 N–H and O–H groups in total. The summed E-state index contributed by atoms with van der Waals surface area (Å²) in [6.07, 6.45) is 0.534. The van der Waals surface area contributed by atoms with Gasteiger partial charge in [-0.2, -0.15) is 0 Å². The maximum Gasteiger partial charge on any atom is 0.295 e. The van der Waals surface area contributed by atoms with Gasteiger partial charge >= 0.3 is 0 Å². The zero-order chi connectivity index (χ0) is 23.3. The first kappa shape index (κ1) is 23.1. The number of carbonyl (C=O) groups excluding carboxylic acids is 2. The van der Waals surface area contributed by atoms with Gasteiger partial charge in [-0.1, -0.05) is 18.2 Å². The van der Waals surface area contributed by atoms with E-state index in [1.165, 1.54) is 26.2 Å². The number of benzene rings is 2. The second-order valence-corrected chi connectivity index (χ2v) is 7.19. The molecule has 2 aromatic carbocycles. The molecule has 0 bridgehead atoms. The van der Waals surface area contributed by atoms with Crippen LogP contribution >= 0.6 is 0 Å². The average molecular weight is 441 g/mol. The topological polar surface area (TPSA) is 94.5 Å². The van der Waals surface area contributed by atoms with Crippen LogP contribution in [0.2, 0.25) is 0 Å². The molecule has 2 aromatic rings. The molecule has 1 amide bonds. The number of amides is 1. The van der Waals surface area contributed by atoms with Gasteiger partial charge in [-0.3, -0.25) is 9.59 Å². The molecule has 1 unspecified atom stereocenters. The van der Waals surface area contributed by atoms with Crippen LogP contribution in [0.25, 0.3) is 5.76 Å². The minimum absolute atomic E-state index is 0.00731. The number of hydrogen-bond acceptors (Lipinski definition) is 7. The van der Waals surface area contributed by atoms with E-state index < -0.39 is 17.7 Å². The van der Waals surface area contributed by atoms with E-state index in [-0.39, 0.29) is 17.9 Å². The first-order valence-corrected chi connectivity index (χ1v) is 10.1. The fourth-order valence-corrected chi connectivity index (χ4v) is 3.79. The predicted octanol–water partition coefficient (Wildman–Crippen LogP) is 3.17. The number of aliphatic hydroxyl groups excluding tert-OH is 1. The highest BCUT2D eigenvalue weighted by atomic mass is 16.5. The van der Waals surface area contributed by atoms with Gasteiger partial charge in [0.15, 0.2) is 11.5 Å². The van der Waals surface area contributed by atoms with Crippen molar-refractivity contribution in [1.29, 1.82) is 0 Å². The number of hydrogen-bond donors (Lipinski definition) is 1. The van der Waals surface area contributed by atoms with Crippen molar-refractivity contribution in [3.8, 4) is 17.2 Å². The minimum Gasteiger partial charge on any atom is -0.507 e. The number of ketones is 1. The molecule has 8 heteroatoms. The monoisotopic (exact) mass is 441 g/mol. The lowest BCUT2D eigenvalue weighted by Crippen LogP contribution is -2.31. The normalized spacial score (nSPS) is 17.5. The summed E-state index contributed by atoms with van der Waals surface area (Å²) < 4.78 is 21.0. The number of rotatable bonds is 9. The van der Waals surface area contributed by atoms with E-state index in [1.54, 1.807) is 49.6 Å². The molecule has 1 aliphatic heterocycles. The largest absolute Gasteiger partial charge is 0.507 e. The van der Waals surface area contributed by atoms with Crippen molar-refractivity contribution in [3.63, 3.8) is 0 Å². The molecule has 0 aliphatic carbocycles. The number of likely N-dealkylation sites (tertiary alicyclic amines) is 1. The molecule has 1 saturated heterocycles. The molecule has 1 fully saturated rings. The van der Waals surface area contributed by atoms with Gasteiger partial charge in [-0.25, -0.2) is 0 Å². The maximum absolute atomic E-state index is 13.1. The van der Waals surface area contributed by atoms with Crippen LogP contribution in [0.15, 0.2) is 48.0 Å². The molecule has 8 nitrogen and oxygen atoms in total. The highest BCUT2D eigenvalue weighted by molar-refractivity contribution is 6.46. The molecule has 1 atom stereocenters. The Morgan fingerprint density at radius 1 is 0.969 bits per heavy atom. The highest BCUT2D eigenvalue weighted by Gasteiger charge is 2.46. The molecule has 3 rings (SSSR count). The highest BCUT2D eigenvalue weighted by Crippen LogP contribution is 2.42. The van der Waals surface area contributed by atoms with Crippen LogP contribution in [0.4, 0.5) is 0 Å². The number of nitrogens with zero attached hydrogens (tertiary/aromatic N) is 1. The van der Waals surface area contributed by atoms with Gasteiger partial charge in [-0.15, -0.1) is 0 Å². The predicted molar refractivity (Wildman–Crippen MR) is 118 cm³/mol. The molecule has 0 aromatic heterocycles. The van der Waals surface area contributed by atoms with Crippen LogP contribution < -0.4 is 14.2 Å². The molecular formula is C24H27NO7. The van der Waals surface area contributed by atoms with Gasteiger partial charge in [-0.05, 0) is 36.2 Å². The Morgan fingerprint density at radius 3 is 2.38 bits per heavy atom. The SMILES string of the molecule is COCCCN1C(=O)C(=O)/C(=C(/O)c2cccc(OC)c2)C1c1ccc(OC)c(OC)c1. The van der Waals surface area contributed by atoms with Gasteiger partial charge in [0, 0.05) is 25.8 Å². The number of aliphatic hydroxyl groups is 1. The standard InChI is InChI=1S/C24H27NO7/c1-29-12-6-11-25-21(15-9-10-18(31-3)19(14-15)32-4)20(23(27)24(25)28)22(26)16-7-5-8-17(13-16)30-2/h5,7-10,13-14,21,26H,6,11-12H2,1-4H3/b22-20+. The van der Waals surface area contributed by atoms with Crippen molar-refractivity contribution in [1.82, 2.24) is 4.90 Å². The zero-order valence-corrected chi connectivity index (χ0v) is 18.6. The summed E-state index contributed by atoms with van der Waals surface area (Å²) in [5, 5.41) is 11.1. The van der Waals surface area contributed by atoms with Gasteiger partial charge in [0.1, 0.15) is 11.5 Å². The molecule has 1 heterocycles. The van der Waals surface area contributed by atoms with Crippen LogP contribution in [-0.2, 0) is 14.3 Å². The van der Waals surface area contributed by atoms with E-state index in [1.807, 2.05) is 0 Å². The van der Waals surface area contributed by atoms with E-state index in [0.717, 1.165) is 0 Å². The van der Waals surface area contributed by atoms with Crippen molar-refractivity contribution < 1.29 is 33.6 Å². The van der Waals surface area contributed by atoms with E-state index in [2.05, 4.69) is 0 Å². The average Bonchev–Trinajstić information content (AvgIpc) is 3.08. The van der Waals surface area contributed by atoms with Crippen LogP contribution in [0.5, 0.6) is 17.2 Å². The molecule has 0 saturated carbocycles. The lowest BCUT2D eigenvalue weighted by Gasteiger charge is -2.26. The Kier molecular flexibility index (Phi) is 7.37. The van der Waals surface area contributed by atoms with Gasteiger partial charge in [0.2, 0.25) is 0 Å². The van der Waals surface area contributed by atoms with Gasteiger partial charge in [0.25, 0.3) is 11.7 Å². The molecule has 0 spiro atoms. The van der Waals surface area contributed by atoms with Gasteiger partial charge in [0.05, 0.1) is 32.9 Å². The molecule has 0 radical (unpaired) electrons. The van der Waals surface area contributed by atoms with Gasteiger partial charge < -0.3 is 29.0 Å². The number of methoxy groups -OCH3 is 4. The number of carbonyl (C=O) groups is 2. The smallest absolute Gasteiger partial charge is 0.295 e. The summed E-state index contributed by atoms with van der Waals surface area (Å²) in [7, 11) is 6.12. The third kappa shape index (κ3) is 4.40. The fourth-order valence-electron chi connectivity index (χ4n) is 3.79. The summed E-state index contributed by atoms with van der Waals surface area (Å²) >= 11 is 0. The summed E-state index contributed by atoms with van der Waals surface area (Å²) in [5.41, 5.74) is 1.00. The van der Waals surface area contributed by atoms with E-state index >= 15 is 0 Å². The van der Waals surface area contributed by atoms with E-state index in [9.17, 15) is 14.7 Å². The number of Topliss-reactive ketones (excluding diaryl/α,β-unsaturated/α-hetero) is 1. The molecular weight excluding hydrogens is 414 g/mol. The van der Waals surface area contributed by atoms with Crippen molar-refractivity contribution in [2.24, 2.45) is 0 Å². The van der Waals surface area contributed by atoms with E-state index in [0.29, 0.717) is 41.4 Å². The molecule has 1 aliphatic rings. The Morgan fingerprint density at radius 2 is 1.72 bits per heavy atom. The fraction of sp³-hybridized carbons (Fsp3) is 0.333. The van der Waals surface area contributed by atoms with Crippen molar-refractivity contribution in [2.75, 3.05) is 41.6 Å². The van der Waals surface area contributed by atoms with Crippen molar-refractivity contribution in [3.05, 3.63) is 59.2 Å². The Hall–Kier alpha value is -3.52. The lowest BCUT2D eigenvalue weighted by molar-refractivity contribution is -0.140. The zero-order valence-electron chi connectivity index (χ0n) is 18.6. The first-order valence-electron chi connectivity index (χ1n) is 10.1. The Balaban J connectivity index is 2.17. The Labute approximate surface area is 187 Å². The summed E-state index contributed by atoms with van der Waals surface area (Å²) in [6, 6.07) is 11.1. The quantitative estimate of drug-likeness (QED) is 0.276. The molecule has 32 heavy (non-hydrogen) atoms. The van der Waals surface area contributed by atoms with Crippen LogP contribution in [-0.4, -0.2) is 63.3 Å². The third-order valence-corrected chi connectivity index (χ3v) is 5.35. The summed E-state index contributed by atoms with van der Waals surface area (Å²) in [4.78, 5) is 27.4. The van der Waals surface area contributed by atoms with Crippen molar-refractivity contribution in [2.45, 2.75) is 12.5 Å². The first-order chi connectivity index (χ1) is 15.5. The van der Waals surface area contributed by atoms with Crippen molar-refractivity contribution >= 4 is 17.4 Å². The van der Waals surface area contributed by atoms with Crippen LogP contribution in [0.1, 0.15) is 23.6 Å². The van der Waals surface area contributed by atoms with Crippen LogP contribution in [0, 0.1) is 0 Å². The number of ether oxygens (including phenoxy) is 4. The molecule has 170 valence electrons. The second kappa shape index (κ2) is 10.2. The maximum atomic E-state index is 13.1. The minimum atomic E-state index is -0.794. The lowest BCUT2D eigenvalue weighted by atomic mass is 9.95. The Bertz CT molecular complexity index is 1030. The summed E-state index contributed by atoms with van der Waals surface area (Å²) in [6.45, 7) is 0.712. The van der Waals surface area contributed by atoms with E-state index in [4.69, 9.17) is 18.9 Å². The van der Waals surface area contributed by atoms with Crippen LogP contribution in [0.3, 0.4) is 0 Å². The summed E-state index contributed by atoms with van der Waals surface area (Å²) in [5.74, 6) is -0.204.